The Morgan fingerprint density at radius 2 is 2.50 bits per heavy atom. The zero-order valence-corrected chi connectivity index (χ0v) is 4.21. The Morgan fingerprint density at radius 3 is 2.50 bits per heavy atom. The number of carbonyl (C=O) groups excluding carboxylic acids is 1. The van der Waals surface area contributed by atoms with Gasteiger partial charge >= 0.3 is 0 Å². The minimum Gasteiger partial charge on any atom is -0.359 e. The molecule has 0 rings (SSSR count). The molecule has 0 fully saturated rings. The van der Waals surface area contributed by atoms with Gasteiger partial charge in [0.25, 0.3) is 5.24 Å². The molecule has 0 unspecified atom stereocenters. The maximum atomic E-state index is 9.72. The number of amides is 1. The van der Waals surface area contributed by atoms with E-state index in [1.807, 2.05) is 0 Å². The fourth-order valence-corrected chi connectivity index (χ4v) is 0.302. The van der Waals surface area contributed by atoms with E-state index in [2.05, 4.69) is 10.5 Å². The number of primary amides is 1. The molecule has 36 valence electrons. The van der Waals surface area contributed by atoms with Crippen LogP contribution in [-0.4, -0.2) is 12.3 Å². The first-order chi connectivity index (χ1) is 2.77. The number of nitrogens with two attached hydrogens (primary N) is 1. The van der Waals surface area contributed by atoms with Gasteiger partial charge in [0, 0.05) is 11.9 Å². The van der Waals surface area contributed by atoms with Crippen molar-refractivity contribution in [2.24, 2.45) is 5.73 Å². The predicted molar refractivity (Wildman–Crippen MR) is 26.2 cm³/mol. The van der Waals surface area contributed by atoms with Crippen molar-refractivity contribution in [3.63, 3.8) is 0 Å². The molecular weight excluding hydrogens is 100 g/mol. The highest BCUT2D eigenvalue weighted by Gasteiger charge is 1.84. The van der Waals surface area contributed by atoms with Gasteiger partial charge in [-0.3, -0.25) is 9.52 Å². The van der Waals surface area contributed by atoms with E-state index in [1.54, 1.807) is 7.05 Å². The molecule has 0 radical (unpaired) electrons. The first-order valence-corrected chi connectivity index (χ1v) is 2.22. The summed E-state index contributed by atoms with van der Waals surface area (Å²) < 4.78 is 2.51. The maximum absolute atomic E-state index is 9.72. The van der Waals surface area contributed by atoms with E-state index in [-0.39, 0.29) is 0 Å². The molecular formula is C2H6N2OS. The lowest BCUT2D eigenvalue weighted by molar-refractivity contribution is 0.267. The van der Waals surface area contributed by atoms with E-state index >= 15 is 0 Å². The third-order valence-electron chi connectivity index (χ3n) is 0.203. The van der Waals surface area contributed by atoms with Crippen molar-refractivity contribution >= 4 is 17.2 Å². The highest BCUT2D eigenvalue weighted by Crippen LogP contribution is 1.85. The molecule has 3 N–H and O–H groups in total. The van der Waals surface area contributed by atoms with Crippen molar-refractivity contribution < 1.29 is 4.79 Å². The smallest absolute Gasteiger partial charge is 0.291 e. The fourth-order valence-electron chi connectivity index (χ4n) is 0.101. The van der Waals surface area contributed by atoms with Crippen LogP contribution in [0.15, 0.2) is 0 Å². The van der Waals surface area contributed by atoms with Crippen LogP contribution in [-0.2, 0) is 0 Å². The van der Waals surface area contributed by atoms with Crippen molar-refractivity contribution in [1.29, 1.82) is 0 Å². The summed E-state index contributed by atoms with van der Waals surface area (Å²) in [4.78, 5) is 9.72. The molecule has 0 atom stereocenters. The molecule has 0 saturated heterocycles. The van der Waals surface area contributed by atoms with E-state index in [0.717, 1.165) is 11.9 Å². The molecule has 0 bridgehead atoms. The lowest BCUT2D eigenvalue weighted by Crippen LogP contribution is -2.08. The monoisotopic (exact) mass is 106 g/mol. The summed E-state index contributed by atoms with van der Waals surface area (Å²) in [5.74, 6) is 0. The normalized spacial score (nSPS) is 8.17. The van der Waals surface area contributed by atoms with Gasteiger partial charge < -0.3 is 5.73 Å². The van der Waals surface area contributed by atoms with Crippen LogP contribution < -0.4 is 10.5 Å². The van der Waals surface area contributed by atoms with E-state index < -0.39 is 5.24 Å². The average Bonchev–Trinajstić information content (AvgIpc) is 1.35. The molecule has 0 spiro atoms. The van der Waals surface area contributed by atoms with Gasteiger partial charge in [-0.15, -0.1) is 0 Å². The van der Waals surface area contributed by atoms with Gasteiger partial charge in [-0.05, 0) is 7.05 Å². The molecule has 6 heavy (non-hydrogen) atoms. The molecule has 0 aromatic rings. The number of hydrogen-bond donors (Lipinski definition) is 2. The molecule has 1 amide bonds. The van der Waals surface area contributed by atoms with Crippen molar-refractivity contribution in [2.75, 3.05) is 7.05 Å². The van der Waals surface area contributed by atoms with Gasteiger partial charge in [-0.25, -0.2) is 0 Å². The minimum atomic E-state index is -0.405. The molecule has 3 nitrogen and oxygen atoms in total. The number of hydrogen-bond acceptors (Lipinski definition) is 3. The summed E-state index contributed by atoms with van der Waals surface area (Å²) >= 11 is 0.875. The highest BCUT2D eigenvalue weighted by atomic mass is 32.2. The summed E-state index contributed by atoms with van der Waals surface area (Å²) in [7, 11) is 1.63. The Hall–Kier alpha value is -0.220. The van der Waals surface area contributed by atoms with Crippen LogP contribution in [0.4, 0.5) is 4.79 Å². The van der Waals surface area contributed by atoms with Gasteiger partial charge in [0.15, 0.2) is 0 Å². The number of carbonyl (C=O) groups is 1. The molecule has 0 saturated carbocycles. The highest BCUT2D eigenvalue weighted by molar-refractivity contribution is 8.11. The molecule has 0 aliphatic rings. The van der Waals surface area contributed by atoms with Crippen LogP contribution in [0.25, 0.3) is 0 Å². The Morgan fingerprint density at radius 1 is 2.00 bits per heavy atom. The van der Waals surface area contributed by atoms with E-state index in [9.17, 15) is 4.79 Å². The van der Waals surface area contributed by atoms with Crippen LogP contribution in [0.2, 0.25) is 0 Å². The zero-order valence-electron chi connectivity index (χ0n) is 3.39. The Kier molecular flexibility index (Phi) is 2.88. The fraction of sp³-hybridized carbons (Fsp3) is 0.500. The quantitative estimate of drug-likeness (QED) is 0.460. The SMILES string of the molecule is CNSC(N)=O. The van der Waals surface area contributed by atoms with Crippen LogP contribution in [0, 0.1) is 0 Å². The zero-order chi connectivity index (χ0) is 4.99. The van der Waals surface area contributed by atoms with Crippen LogP contribution in [0.5, 0.6) is 0 Å². The summed E-state index contributed by atoms with van der Waals surface area (Å²) in [5.41, 5.74) is 4.66. The second kappa shape index (κ2) is 2.99. The summed E-state index contributed by atoms with van der Waals surface area (Å²) in [6.45, 7) is 0. The van der Waals surface area contributed by atoms with Crippen LogP contribution in [0.3, 0.4) is 0 Å². The number of rotatable bonds is 1. The first kappa shape index (κ1) is 5.78. The molecule has 0 heterocycles. The minimum absolute atomic E-state index is 0.405. The van der Waals surface area contributed by atoms with E-state index in [1.165, 1.54) is 0 Å². The van der Waals surface area contributed by atoms with Crippen molar-refractivity contribution in [3.8, 4) is 0 Å². The van der Waals surface area contributed by atoms with E-state index in [0.29, 0.717) is 0 Å². The predicted octanol–water partition coefficient (Wildman–Crippen LogP) is -0.0673. The summed E-state index contributed by atoms with van der Waals surface area (Å²) in [5, 5.41) is -0.405. The third-order valence-corrected chi connectivity index (χ3v) is 0.608. The van der Waals surface area contributed by atoms with Crippen molar-refractivity contribution in [3.05, 3.63) is 0 Å². The van der Waals surface area contributed by atoms with Gasteiger partial charge in [-0.1, -0.05) is 0 Å². The van der Waals surface area contributed by atoms with Gasteiger partial charge in [0.2, 0.25) is 0 Å². The lowest BCUT2D eigenvalue weighted by atomic mass is 11.5. The Labute approximate surface area is 40.4 Å². The van der Waals surface area contributed by atoms with E-state index in [4.69, 9.17) is 0 Å². The van der Waals surface area contributed by atoms with Crippen molar-refractivity contribution in [1.82, 2.24) is 4.72 Å². The topological polar surface area (TPSA) is 55.1 Å². The molecule has 0 aromatic carbocycles. The van der Waals surface area contributed by atoms with Crippen LogP contribution >= 0.6 is 11.9 Å². The number of nitrogens with one attached hydrogen (secondary N) is 1. The van der Waals surface area contributed by atoms with Crippen LogP contribution in [0.1, 0.15) is 0 Å². The molecule has 4 heteroatoms. The molecule has 0 aliphatic heterocycles. The largest absolute Gasteiger partial charge is 0.359 e. The summed E-state index contributed by atoms with van der Waals surface area (Å²) in [6.07, 6.45) is 0. The second-order valence-corrected chi connectivity index (χ2v) is 1.64. The van der Waals surface area contributed by atoms with Gasteiger partial charge in [0.05, 0.1) is 0 Å². The summed E-state index contributed by atoms with van der Waals surface area (Å²) in [6, 6.07) is 0. The third kappa shape index (κ3) is 3.78. The Balaban J connectivity index is 2.83. The van der Waals surface area contributed by atoms with Crippen molar-refractivity contribution in [2.45, 2.75) is 0 Å². The second-order valence-electron chi connectivity index (χ2n) is 0.625. The molecule has 0 aromatic heterocycles. The molecule has 0 aliphatic carbocycles. The van der Waals surface area contributed by atoms with Gasteiger partial charge in [-0.2, -0.15) is 0 Å². The standard InChI is InChI=1S/C2H6N2OS/c1-4-6-2(3)5/h4H,1H3,(H2,3,5). The first-order valence-electron chi connectivity index (χ1n) is 1.40. The van der Waals surface area contributed by atoms with Gasteiger partial charge in [0.1, 0.15) is 0 Å². The average molecular weight is 106 g/mol. The maximum Gasteiger partial charge on any atom is 0.291 e. The Bertz CT molecular complexity index is 55.5. The lowest BCUT2D eigenvalue weighted by Gasteiger charge is -1.84.